The summed E-state index contributed by atoms with van der Waals surface area (Å²) in [5.74, 6) is 1.13. The predicted molar refractivity (Wildman–Crippen MR) is 139 cm³/mol. The molecule has 3 N–H and O–H groups in total. The number of hydrogen-bond donors (Lipinski definition) is 2. The van der Waals surface area contributed by atoms with Crippen LogP contribution in [0, 0.1) is 20.8 Å². The summed E-state index contributed by atoms with van der Waals surface area (Å²) in [5, 5.41) is 3.14. The Morgan fingerprint density at radius 1 is 1.03 bits per heavy atom. The van der Waals surface area contributed by atoms with Gasteiger partial charge in [-0.25, -0.2) is 0 Å². The van der Waals surface area contributed by atoms with E-state index in [1.54, 1.807) is 11.8 Å². The Morgan fingerprint density at radius 3 is 2.37 bits per heavy atom. The zero-order valence-electron chi connectivity index (χ0n) is 20.8. The fourth-order valence-electron chi connectivity index (χ4n) is 4.88. The van der Waals surface area contributed by atoms with E-state index in [9.17, 15) is 9.59 Å². The van der Waals surface area contributed by atoms with Crippen molar-refractivity contribution in [1.82, 2.24) is 5.32 Å². The number of benzene rings is 3. The molecule has 6 heteroatoms. The summed E-state index contributed by atoms with van der Waals surface area (Å²) >= 11 is 0. The SMILES string of the molecule is CC(=O)N1CC[C@@H](NC(=O)[C@@H](N)Cc2c(C)cc(C)cc2C)c2cc(Oc3ccccc3)ccc21. The first kappa shape index (κ1) is 24.5. The first-order chi connectivity index (χ1) is 16.7. The maximum Gasteiger partial charge on any atom is 0.237 e. The number of carbonyl (C=O) groups excluding carboxylic acids is 2. The van der Waals surface area contributed by atoms with E-state index in [1.807, 2.05) is 48.5 Å². The molecule has 0 spiro atoms. The Hall–Kier alpha value is -3.64. The molecule has 2 amide bonds. The number of ether oxygens (including phenoxy) is 1. The van der Waals surface area contributed by atoms with Gasteiger partial charge in [0.1, 0.15) is 11.5 Å². The van der Waals surface area contributed by atoms with E-state index in [0.717, 1.165) is 33.7 Å². The van der Waals surface area contributed by atoms with Crippen molar-refractivity contribution in [2.75, 3.05) is 11.4 Å². The van der Waals surface area contributed by atoms with Crippen LogP contribution in [0.2, 0.25) is 0 Å². The molecule has 1 aliphatic heterocycles. The second-order valence-corrected chi connectivity index (χ2v) is 9.34. The molecule has 6 nitrogen and oxygen atoms in total. The third-order valence-corrected chi connectivity index (χ3v) is 6.58. The van der Waals surface area contributed by atoms with Gasteiger partial charge in [0, 0.05) is 24.7 Å². The van der Waals surface area contributed by atoms with Crippen molar-refractivity contribution in [3.63, 3.8) is 0 Å². The maximum absolute atomic E-state index is 13.2. The fourth-order valence-corrected chi connectivity index (χ4v) is 4.88. The van der Waals surface area contributed by atoms with Gasteiger partial charge in [0.05, 0.1) is 12.1 Å². The highest BCUT2D eigenvalue weighted by atomic mass is 16.5. The average Bonchev–Trinajstić information content (AvgIpc) is 2.82. The van der Waals surface area contributed by atoms with Gasteiger partial charge in [-0.2, -0.15) is 0 Å². The molecule has 0 saturated heterocycles. The molecule has 0 aliphatic carbocycles. The van der Waals surface area contributed by atoms with E-state index < -0.39 is 6.04 Å². The highest BCUT2D eigenvalue weighted by Gasteiger charge is 2.30. The second-order valence-electron chi connectivity index (χ2n) is 9.34. The van der Waals surface area contributed by atoms with E-state index in [4.69, 9.17) is 10.5 Å². The van der Waals surface area contributed by atoms with Gasteiger partial charge in [-0.05, 0) is 80.6 Å². The van der Waals surface area contributed by atoms with Gasteiger partial charge in [0.15, 0.2) is 0 Å². The molecular weight excluding hydrogens is 438 g/mol. The molecule has 4 rings (SSSR count). The van der Waals surface area contributed by atoms with Gasteiger partial charge < -0.3 is 20.7 Å². The van der Waals surface area contributed by atoms with Crippen LogP contribution in [0.5, 0.6) is 11.5 Å². The van der Waals surface area contributed by atoms with E-state index in [2.05, 4.69) is 38.2 Å². The third kappa shape index (κ3) is 5.54. The summed E-state index contributed by atoms with van der Waals surface area (Å²) in [6.45, 7) is 8.26. The van der Waals surface area contributed by atoms with Gasteiger partial charge in [-0.1, -0.05) is 35.9 Å². The Labute approximate surface area is 207 Å². The number of nitrogens with one attached hydrogen (secondary N) is 1. The Balaban J connectivity index is 1.56. The molecule has 0 radical (unpaired) electrons. The minimum atomic E-state index is -0.673. The molecule has 1 aliphatic rings. The van der Waals surface area contributed by atoms with Crippen molar-refractivity contribution in [3.8, 4) is 11.5 Å². The quantitative estimate of drug-likeness (QED) is 0.536. The second kappa shape index (κ2) is 10.3. The van der Waals surface area contributed by atoms with Gasteiger partial charge in [0.2, 0.25) is 11.8 Å². The van der Waals surface area contributed by atoms with Crippen LogP contribution in [0.1, 0.15) is 47.2 Å². The molecule has 1 heterocycles. The molecule has 0 unspecified atom stereocenters. The van der Waals surface area contributed by atoms with E-state index in [1.165, 1.54) is 5.56 Å². The van der Waals surface area contributed by atoms with Crippen LogP contribution in [0.25, 0.3) is 0 Å². The first-order valence-corrected chi connectivity index (χ1v) is 12.0. The van der Waals surface area contributed by atoms with Crippen molar-refractivity contribution in [2.45, 2.75) is 52.6 Å². The van der Waals surface area contributed by atoms with Crippen LogP contribution < -0.4 is 20.7 Å². The predicted octanol–water partition coefficient (Wildman–Crippen LogP) is 4.89. The first-order valence-electron chi connectivity index (χ1n) is 12.0. The lowest BCUT2D eigenvalue weighted by atomic mass is 9.93. The number of nitrogens with zero attached hydrogens (tertiary/aromatic N) is 1. The van der Waals surface area contributed by atoms with Crippen LogP contribution in [-0.2, 0) is 16.0 Å². The molecule has 0 fully saturated rings. The van der Waals surface area contributed by atoms with Crippen molar-refractivity contribution in [2.24, 2.45) is 5.73 Å². The highest BCUT2D eigenvalue weighted by Crippen LogP contribution is 2.37. The van der Waals surface area contributed by atoms with Gasteiger partial charge in [0.25, 0.3) is 0 Å². The Kier molecular flexibility index (Phi) is 7.22. The number of rotatable bonds is 6. The summed E-state index contributed by atoms with van der Waals surface area (Å²) in [6.07, 6.45) is 1.07. The minimum absolute atomic E-state index is 0.0326. The molecule has 3 aromatic carbocycles. The van der Waals surface area contributed by atoms with Crippen LogP contribution in [0.3, 0.4) is 0 Å². The largest absolute Gasteiger partial charge is 0.457 e. The van der Waals surface area contributed by atoms with Crippen molar-refractivity contribution in [1.29, 1.82) is 0 Å². The highest BCUT2D eigenvalue weighted by molar-refractivity contribution is 5.93. The zero-order valence-corrected chi connectivity index (χ0v) is 20.8. The Morgan fingerprint density at radius 2 is 1.71 bits per heavy atom. The average molecular weight is 472 g/mol. The maximum atomic E-state index is 13.2. The normalized spacial score (nSPS) is 15.8. The number of carbonyl (C=O) groups is 2. The molecular formula is C29H33N3O3. The standard InChI is InChI=1S/C29H33N3O3/c1-18-14-19(2)24(20(3)15-18)17-26(30)29(34)31-27-12-13-32(21(4)33)28-11-10-23(16-25(27)28)35-22-8-6-5-7-9-22/h5-11,14-16,26-27H,12-13,17,30H2,1-4H3,(H,31,34)/t26-,27+/m0/s1. The lowest BCUT2D eigenvalue weighted by Gasteiger charge is -2.35. The van der Waals surface area contributed by atoms with Crippen LogP contribution in [-0.4, -0.2) is 24.4 Å². The monoisotopic (exact) mass is 471 g/mol. The summed E-state index contributed by atoms with van der Waals surface area (Å²) in [5.41, 5.74) is 12.6. The van der Waals surface area contributed by atoms with Gasteiger partial charge >= 0.3 is 0 Å². The molecule has 0 aromatic heterocycles. The lowest BCUT2D eigenvalue weighted by Crippen LogP contribution is -2.46. The number of hydrogen-bond acceptors (Lipinski definition) is 4. The third-order valence-electron chi connectivity index (χ3n) is 6.58. The minimum Gasteiger partial charge on any atom is -0.457 e. The van der Waals surface area contributed by atoms with Crippen molar-refractivity contribution < 1.29 is 14.3 Å². The van der Waals surface area contributed by atoms with Gasteiger partial charge in [-0.3, -0.25) is 9.59 Å². The number of fused-ring (bicyclic) bond motifs is 1. The van der Waals surface area contributed by atoms with E-state index >= 15 is 0 Å². The van der Waals surface area contributed by atoms with E-state index in [0.29, 0.717) is 25.1 Å². The number of para-hydroxylation sites is 1. The van der Waals surface area contributed by atoms with Crippen molar-refractivity contribution in [3.05, 3.63) is 88.5 Å². The lowest BCUT2D eigenvalue weighted by molar-refractivity contribution is -0.123. The molecule has 2 atom stereocenters. The van der Waals surface area contributed by atoms with Crippen LogP contribution in [0.4, 0.5) is 5.69 Å². The molecule has 182 valence electrons. The zero-order chi connectivity index (χ0) is 25.1. The molecule has 0 bridgehead atoms. The molecule has 0 saturated carbocycles. The van der Waals surface area contributed by atoms with Gasteiger partial charge in [-0.15, -0.1) is 0 Å². The molecule has 3 aromatic rings. The summed E-state index contributed by atoms with van der Waals surface area (Å²) < 4.78 is 6.02. The Bertz CT molecular complexity index is 1220. The number of anilines is 1. The summed E-state index contributed by atoms with van der Waals surface area (Å²) in [6, 6.07) is 18.5. The number of nitrogens with two attached hydrogens (primary N) is 1. The smallest absolute Gasteiger partial charge is 0.237 e. The van der Waals surface area contributed by atoms with E-state index in [-0.39, 0.29) is 17.9 Å². The van der Waals surface area contributed by atoms with Crippen LogP contribution in [0.15, 0.2) is 60.7 Å². The summed E-state index contributed by atoms with van der Waals surface area (Å²) in [4.78, 5) is 27.2. The molecule has 35 heavy (non-hydrogen) atoms. The van der Waals surface area contributed by atoms with Crippen molar-refractivity contribution >= 4 is 17.5 Å². The van der Waals surface area contributed by atoms with Crippen LogP contribution >= 0.6 is 0 Å². The fraction of sp³-hybridized carbons (Fsp3) is 0.310. The number of aryl methyl sites for hydroxylation is 3. The number of amides is 2. The topological polar surface area (TPSA) is 84.7 Å². The summed E-state index contributed by atoms with van der Waals surface area (Å²) in [7, 11) is 0.